The van der Waals surface area contributed by atoms with Gasteiger partial charge in [0.05, 0.1) is 11.7 Å². The fourth-order valence-corrected chi connectivity index (χ4v) is 2.02. The van der Waals surface area contributed by atoms with Gasteiger partial charge in [0, 0.05) is 10.0 Å². The van der Waals surface area contributed by atoms with E-state index in [1.165, 1.54) is 0 Å². The lowest BCUT2D eigenvalue weighted by atomic mass is 10.1. The van der Waals surface area contributed by atoms with E-state index < -0.39 is 6.10 Å². The Bertz CT molecular complexity index is 414. The molecule has 1 N–H and O–H groups in total. The molecule has 1 aromatic rings. The molecule has 0 radical (unpaired) electrons. The Morgan fingerprint density at radius 3 is 2.80 bits per heavy atom. The Morgan fingerprint density at radius 1 is 1.53 bits per heavy atom. The quantitative estimate of drug-likeness (QED) is 0.838. The molecular formula is C10H9BrO4. The Hall–Kier alpha value is -1.07. The van der Waals surface area contributed by atoms with Gasteiger partial charge < -0.3 is 14.6 Å². The van der Waals surface area contributed by atoms with Gasteiger partial charge in [-0.2, -0.15) is 0 Å². The van der Waals surface area contributed by atoms with Crippen molar-refractivity contribution in [2.45, 2.75) is 13.0 Å². The maximum atomic E-state index is 10.8. The smallest absolute Gasteiger partial charge is 0.231 e. The van der Waals surface area contributed by atoms with Gasteiger partial charge in [-0.25, -0.2) is 0 Å². The first-order chi connectivity index (χ1) is 7.15. The van der Waals surface area contributed by atoms with Gasteiger partial charge in [0.1, 0.15) is 0 Å². The predicted octanol–water partition coefficient (Wildman–Crippen LogP) is 2.04. The average Bonchev–Trinajstić information content (AvgIpc) is 2.64. The molecule has 0 amide bonds. The standard InChI is InChI=1S/C10H9BrO4/c1-5(13)6-2-8(11)7(3-12)10-9(6)14-4-15-10/h2-3,5,13H,4H2,1H3. The summed E-state index contributed by atoms with van der Waals surface area (Å²) in [6.45, 7) is 1.71. The van der Waals surface area contributed by atoms with E-state index in [-0.39, 0.29) is 6.79 Å². The first-order valence-corrected chi connectivity index (χ1v) is 5.19. The molecule has 0 aromatic heterocycles. The molecule has 1 aliphatic rings. The molecule has 0 saturated carbocycles. The maximum Gasteiger partial charge on any atom is 0.231 e. The summed E-state index contributed by atoms with van der Waals surface area (Å²) in [5.41, 5.74) is 1.02. The molecular weight excluding hydrogens is 264 g/mol. The lowest BCUT2D eigenvalue weighted by Crippen LogP contribution is -1.97. The van der Waals surface area contributed by atoms with Crippen LogP contribution in [0.15, 0.2) is 10.5 Å². The number of carbonyl (C=O) groups is 1. The molecule has 1 atom stereocenters. The van der Waals surface area contributed by atoms with Crippen LogP contribution in [0.25, 0.3) is 0 Å². The molecule has 0 saturated heterocycles. The van der Waals surface area contributed by atoms with Crippen LogP contribution < -0.4 is 9.47 Å². The molecule has 1 aromatic carbocycles. The third kappa shape index (κ3) is 1.61. The monoisotopic (exact) mass is 272 g/mol. The number of hydrogen-bond donors (Lipinski definition) is 1. The van der Waals surface area contributed by atoms with Crippen molar-refractivity contribution in [3.63, 3.8) is 0 Å². The van der Waals surface area contributed by atoms with Gasteiger partial charge in [-0.1, -0.05) is 0 Å². The van der Waals surface area contributed by atoms with Crippen LogP contribution in [0.2, 0.25) is 0 Å². The Morgan fingerprint density at radius 2 is 2.20 bits per heavy atom. The molecule has 1 heterocycles. The summed E-state index contributed by atoms with van der Waals surface area (Å²) >= 11 is 3.25. The third-order valence-electron chi connectivity index (χ3n) is 2.23. The fraction of sp³-hybridized carbons (Fsp3) is 0.300. The van der Waals surface area contributed by atoms with Crippen LogP contribution in [-0.4, -0.2) is 18.2 Å². The van der Waals surface area contributed by atoms with Crippen LogP contribution in [-0.2, 0) is 0 Å². The van der Waals surface area contributed by atoms with Crippen molar-refractivity contribution >= 4 is 22.2 Å². The SMILES string of the molecule is CC(O)c1cc(Br)c(C=O)c2c1OCO2. The first-order valence-electron chi connectivity index (χ1n) is 4.40. The normalized spacial score (nSPS) is 15.1. The van der Waals surface area contributed by atoms with Crippen molar-refractivity contribution < 1.29 is 19.4 Å². The van der Waals surface area contributed by atoms with Gasteiger partial charge in [-0.15, -0.1) is 0 Å². The van der Waals surface area contributed by atoms with Crippen molar-refractivity contribution in [2.75, 3.05) is 6.79 Å². The number of ether oxygens (including phenoxy) is 2. The number of aliphatic hydroxyl groups excluding tert-OH is 1. The minimum atomic E-state index is -0.669. The summed E-state index contributed by atoms with van der Waals surface area (Å²) in [4.78, 5) is 10.8. The minimum Gasteiger partial charge on any atom is -0.453 e. The van der Waals surface area contributed by atoms with Gasteiger partial charge in [0.15, 0.2) is 17.8 Å². The molecule has 80 valence electrons. The molecule has 1 aliphatic heterocycles. The maximum absolute atomic E-state index is 10.8. The Labute approximate surface area is 94.9 Å². The highest BCUT2D eigenvalue weighted by Crippen LogP contribution is 2.44. The first kappa shape index (κ1) is 10.4. The van der Waals surface area contributed by atoms with Gasteiger partial charge >= 0.3 is 0 Å². The van der Waals surface area contributed by atoms with Crippen LogP contribution in [0.4, 0.5) is 0 Å². The van der Waals surface area contributed by atoms with Crippen molar-refractivity contribution in [2.24, 2.45) is 0 Å². The highest BCUT2D eigenvalue weighted by molar-refractivity contribution is 9.10. The highest BCUT2D eigenvalue weighted by Gasteiger charge is 2.25. The van der Waals surface area contributed by atoms with Crippen molar-refractivity contribution in [1.29, 1.82) is 0 Å². The summed E-state index contributed by atoms with van der Waals surface area (Å²) in [5, 5.41) is 9.53. The van der Waals surface area contributed by atoms with Crippen LogP contribution in [0.3, 0.4) is 0 Å². The zero-order valence-corrected chi connectivity index (χ0v) is 9.58. The molecule has 0 aliphatic carbocycles. The molecule has 15 heavy (non-hydrogen) atoms. The van der Waals surface area contributed by atoms with E-state index in [0.717, 1.165) is 0 Å². The van der Waals surface area contributed by atoms with E-state index >= 15 is 0 Å². The van der Waals surface area contributed by atoms with E-state index in [0.29, 0.717) is 33.4 Å². The largest absolute Gasteiger partial charge is 0.453 e. The number of fused-ring (bicyclic) bond motifs is 1. The molecule has 1 unspecified atom stereocenters. The van der Waals surface area contributed by atoms with Gasteiger partial charge in [0.2, 0.25) is 6.79 Å². The van der Waals surface area contributed by atoms with Crippen molar-refractivity contribution in [1.82, 2.24) is 0 Å². The predicted molar refractivity (Wildman–Crippen MR) is 56.3 cm³/mol. The third-order valence-corrected chi connectivity index (χ3v) is 2.88. The zero-order chi connectivity index (χ0) is 11.0. The van der Waals surface area contributed by atoms with E-state index in [1.807, 2.05) is 0 Å². The number of aldehydes is 1. The Kier molecular flexibility index (Phi) is 2.67. The summed E-state index contributed by atoms with van der Waals surface area (Å²) in [6.07, 6.45) is 0.0288. The topological polar surface area (TPSA) is 55.8 Å². The lowest BCUT2D eigenvalue weighted by Gasteiger charge is -2.10. The molecule has 0 fully saturated rings. The fourth-order valence-electron chi connectivity index (χ4n) is 1.50. The summed E-state index contributed by atoms with van der Waals surface area (Å²) < 4.78 is 11.0. The minimum absolute atomic E-state index is 0.0757. The number of rotatable bonds is 2. The Balaban J connectivity index is 2.67. The second-order valence-corrected chi connectivity index (χ2v) is 4.07. The van der Waals surface area contributed by atoms with Crippen molar-refractivity contribution in [3.8, 4) is 11.5 Å². The second kappa shape index (κ2) is 3.83. The van der Waals surface area contributed by atoms with Crippen LogP contribution in [0, 0.1) is 0 Å². The molecule has 2 rings (SSSR count). The molecule has 0 spiro atoms. The van der Waals surface area contributed by atoms with Gasteiger partial charge in [-0.05, 0) is 28.9 Å². The number of carbonyl (C=O) groups excluding carboxylic acids is 1. The van der Waals surface area contributed by atoms with E-state index in [1.54, 1.807) is 13.0 Å². The summed E-state index contributed by atoms with van der Waals surface area (Å²) in [6, 6.07) is 1.67. The van der Waals surface area contributed by atoms with Crippen LogP contribution in [0.5, 0.6) is 11.5 Å². The molecule has 4 nitrogen and oxygen atoms in total. The number of halogens is 1. The van der Waals surface area contributed by atoms with Crippen LogP contribution >= 0.6 is 15.9 Å². The van der Waals surface area contributed by atoms with E-state index in [9.17, 15) is 9.90 Å². The second-order valence-electron chi connectivity index (χ2n) is 3.22. The van der Waals surface area contributed by atoms with Gasteiger partial charge in [-0.3, -0.25) is 4.79 Å². The van der Waals surface area contributed by atoms with Crippen LogP contribution in [0.1, 0.15) is 28.9 Å². The number of aliphatic hydroxyl groups is 1. The lowest BCUT2D eigenvalue weighted by molar-refractivity contribution is 0.111. The molecule has 5 heteroatoms. The number of benzene rings is 1. The molecule has 0 bridgehead atoms. The van der Waals surface area contributed by atoms with E-state index in [4.69, 9.17) is 9.47 Å². The van der Waals surface area contributed by atoms with Crippen molar-refractivity contribution in [3.05, 3.63) is 21.7 Å². The number of hydrogen-bond acceptors (Lipinski definition) is 4. The summed E-state index contributed by atoms with van der Waals surface area (Å²) in [5.74, 6) is 0.852. The average molecular weight is 273 g/mol. The van der Waals surface area contributed by atoms with E-state index in [2.05, 4.69) is 15.9 Å². The summed E-state index contributed by atoms with van der Waals surface area (Å²) in [7, 11) is 0. The highest BCUT2D eigenvalue weighted by atomic mass is 79.9. The van der Waals surface area contributed by atoms with Gasteiger partial charge in [0.25, 0.3) is 0 Å². The zero-order valence-electron chi connectivity index (χ0n) is 7.99.